The Hall–Kier alpha value is -1.46. The first kappa shape index (κ1) is 13.5. The molecule has 1 aliphatic heterocycles. The molecule has 1 saturated heterocycles. The first-order chi connectivity index (χ1) is 9.39. The summed E-state index contributed by atoms with van der Waals surface area (Å²) in [7, 11) is -3.48. The lowest BCUT2D eigenvalue weighted by Crippen LogP contribution is -2.36. The van der Waals surface area contributed by atoms with Gasteiger partial charge in [0.1, 0.15) is 0 Å². The summed E-state index contributed by atoms with van der Waals surface area (Å²) in [5.74, 6) is 0.173. The predicted molar refractivity (Wildman–Crippen MR) is 75.7 cm³/mol. The van der Waals surface area contributed by atoms with Crippen molar-refractivity contribution in [2.75, 3.05) is 6.54 Å². The second kappa shape index (κ2) is 4.53. The Kier molecular flexibility index (Phi) is 3.06. The van der Waals surface area contributed by atoms with E-state index in [1.807, 2.05) is 13.8 Å². The van der Waals surface area contributed by atoms with E-state index in [1.54, 1.807) is 30.3 Å². The van der Waals surface area contributed by atoms with Crippen LogP contribution in [0.5, 0.6) is 0 Å². The second-order valence-corrected chi connectivity index (χ2v) is 7.49. The Morgan fingerprint density at radius 1 is 1.20 bits per heavy atom. The van der Waals surface area contributed by atoms with E-state index in [-0.39, 0.29) is 17.7 Å². The van der Waals surface area contributed by atoms with Gasteiger partial charge in [0.25, 0.3) is 0 Å². The molecule has 0 aromatic heterocycles. The van der Waals surface area contributed by atoms with E-state index in [4.69, 9.17) is 0 Å². The van der Waals surface area contributed by atoms with Gasteiger partial charge in [-0.05, 0) is 37.6 Å². The molecule has 1 heterocycles. The average molecular weight is 291 g/mol. The molecule has 1 aliphatic carbocycles. The highest BCUT2D eigenvalue weighted by atomic mass is 32.2. The lowest BCUT2D eigenvalue weighted by molar-refractivity contribution is -0.114. The molecule has 0 bridgehead atoms. The van der Waals surface area contributed by atoms with Gasteiger partial charge in [-0.25, -0.2) is 8.42 Å². The molecule has 5 heteroatoms. The van der Waals surface area contributed by atoms with Gasteiger partial charge in [0.05, 0.1) is 4.90 Å². The highest BCUT2D eigenvalue weighted by Crippen LogP contribution is 2.39. The smallest absolute Gasteiger partial charge is 0.243 e. The normalized spacial score (nSPS) is 26.7. The molecule has 1 aromatic rings. The Labute approximate surface area is 119 Å². The number of hydrogen-bond donors (Lipinski definition) is 0. The third-order valence-corrected chi connectivity index (χ3v) is 6.19. The fraction of sp³-hybridized carbons (Fsp3) is 0.400. The van der Waals surface area contributed by atoms with Crippen LogP contribution in [0.4, 0.5) is 0 Å². The van der Waals surface area contributed by atoms with Crippen LogP contribution in [0.2, 0.25) is 0 Å². The number of sulfonamides is 1. The van der Waals surface area contributed by atoms with Crippen LogP contribution >= 0.6 is 0 Å². The van der Waals surface area contributed by atoms with Crippen molar-refractivity contribution in [3.63, 3.8) is 0 Å². The average Bonchev–Trinajstić information content (AvgIpc) is 2.89. The number of aryl methyl sites for hydroxylation is 1. The van der Waals surface area contributed by atoms with Gasteiger partial charge in [-0.2, -0.15) is 4.31 Å². The van der Waals surface area contributed by atoms with E-state index in [0.29, 0.717) is 17.9 Å². The first-order valence-electron chi connectivity index (χ1n) is 6.71. The number of hydrogen-bond acceptors (Lipinski definition) is 3. The molecule has 1 fully saturated rings. The highest BCUT2D eigenvalue weighted by Gasteiger charge is 2.44. The van der Waals surface area contributed by atoms with Crippen molar-refractivity contribution >= 4 is 15.8 Å². The summed E-state index contributed by atoms with van der Waals surface area (Å²) in [6.45, 7) is 4.15. The standard InChI is InChI=1S/C15H17NO3S/c1-10-3-5-14(6-4-10)20(18,19)16-9-12-7-13(17)8-15(12)11(16)2/h3-7,11,15H,8-9H2,1-2H3/t11-,15+/m1/s1. The molecule has 1 aromatic carbocycles. The van der Waals surface area contributed by atoms with Crippen molar-refractivity contribution in [3.05, 3.63) is 41.5 Å². The van der Waals surface area contributed by atoms with Crippen LogP contribution in [-0.2, 0) is 14.8 Å². The summed E-state index contributed by atoms with van der Waals surface area (Å²) in [4.78, 5) is 11.7. The van der Waals surface area contributed by atoms with Gasteiger partial charge >= 0.3 is 0 Å². The summed E-state index contributed by atoms with van der Waals surface area (Å²) < 4.78 is 26.9. The number of carbonyl (C=O) groups is 1. The van der Waals surface area contributed by atoms with Crippen LogP contribution in [0, 0.1) is 12.8 Å². The molecule has 2 atom stereocenters. The molecule has 3 rings (SSSR count). The molecular weight excluding hydrogens is 274 g/mol. The molecule has 0 unspecified atom stereocenters. The van der Waals surface area contributed by atoms with Crippen molar-refractivity contribution in [3.8, 4) is 0 Å². The monoisotopic (exact) mass is 291 g/mol. The van der Waals surface area contributed by atoms with Crippen molar-refractivity contribution in [2.24, 2.45) is 5.92 Å². The van der Waals surface area contributed by atoms with Crippen LogP contribution in [0.25, 0.3) is 0 Å². The van der Waals surface area contributed by atoms with Gasteiger partial charge in [-0.3, -0.25) is 4.79 Å². The third-order valence-electron chi connectivity index (χ3n) is 4.25. The lowest BCUT2D eigenvalue weighted by atomic mass is 9.99. The number of fused-ring (bicyclic) bond motifs is 1. The van der Waals surface area contributed by atoms with Crippen molar-refractivity contribution in [1.29, 1.82) is 0 Å². The van der Waals surface area contributed by atoms with Crippen molar-refractivity contribution in [2.45, 2.75) is 31.2 Å². The van der Waals surface area contributed by atoms with Gasteiger partial charge in [0.2, 0.25) is 10.0 Å². The fourth-order valence-electron chi connectivity index (χ4n) is 3.04. The number of carbonyl (C=O) groups excluding carboxylic acids is 1. The van der Waals surface area contributed by atoms with E-state index in [0.717, 1.165) is 11.1 Å². The van der Waals surface area contributed by atoms with E-state index < -0.39 is 10.0 Å². The van der Waals surface area contributed by atoms with E-state index in [2.05, 4.69) is 0 Å². The van der Waals surface area contributed by atoms with Crippen LogP contribution < -0.4 is 0 Å². The molecule has 106 valence electrons. The van der Waals surface area contributed by atoms with E-state index >= 15 is 0 Å². The summed E-state index contributed by atoms with van der Waals surface area (Å²) in [5, 5.41) is 0. The zero-order valence-electron chi connectivity index (χ0n) is 11.5. The third kappa shape index (κ3) is 2.01. The highest BCUT2D eigenvalue weighted by molar-refractivity contribution is 7.89. The molecule has 0 radical (unpaired) electrons. The molecule has 0 spiro atoms. The molecule has 0 saturated carbocycles. The van der Waals surface area contributed by atoms with E-state index in [9.17, 15) is 13.2 Å². The van der Waals surface area contributed by atoms with Crippen LogP contribution in [0.1, 0.15) is 18.9 Å². The van der Waals surface area contributed by atoms with E-state index in [1.165, 1.54) is 4.31 Å². The summed E-state index contributed by atoms with van der Waals surface area (Å²) >= 11 is 0. The fourth-order valence-corrected chi connectivity index (χ4v) is 4.69. The van der Waals surface area contributed by atoms with Gasteiger partial charge in [0, 0.05) is 24.9 Å². The molecule has 0 N–H and O–H groups in total. The minimum Gasteiger partial charge on any atom is -0.295 e. The largest absolute Gasteiger partial charge is 0.295 e. The second-order valence-electron chi connectivity index (χ2n) is 5.60. The minimum absolute atomic E-state index is 0.0581. The minimum atomic E-state index is -3.48. The maximum atomic E-state index is 12.7. The molecule has 20 heavy (non-hydrogen) atoms. The lowest BCUT2D eigenvalue weighted by Gasteiger charge is -2.23. The number of rotatable bonds is 2. The van der Waals surface area contributed by atoms with Gasteiger partial charge < -0.3 is 0 Å². The predicted octanol–water partition coefficient (Wildman–Crippen LogP) is 1.90. The van der Waals surface area contributed by atoms with Crippen LogP contribution in [-0.4, -0.2) is 31.1 Å². The summed E-state index contributed by atoms with van der Waals surface area (Å²) in [6, 6.07) is 6.74. The van der Waals surface area contributed by atoms with Crippen molar-refractivity contribution < 1.29 is 13.2 Å². The Morgan fingerprint density at radius 3 is 2.45 bits per heavy atom. The molecule has 2 aliphatic rings. The Bertz CT molecular complexity index is 688. The zero-order valence-corrected chi connectivity index (χ0v) is 12.4. The number of ketones is 1. The number of benzene rings is 1. The van der Waals surface area contributed by atoms with Crippen molar-refractivity contribution in [1.82, 2.24) is 4.31 Å². The summed E-state index contributed by atoms with van der Waals surface area (Å²) in [5.41, 5.74) is 1.99. The maximum absolute atomic E-state index is 12.7. The Balaban J connectivity index is 1.95. The first-order valence-corrected chi connectivity index (χ1v) is 8.15. The SMILES string of the molecule is Cc1ccc(S(=O)(=O)N2CC3=CC(=O)C[C@H]3[C@H]2C)cc1. The molecular formula is C15H17NO3S. The van der Waals surface area contributed by atoms with Gasteiger partial charge in [0.15, 0.2) is 5.78 Å². The number of allylic oxidation sites excluding steroid dienone is 1. The summed E-state index contributed by atoms with van der Waals surface area (Å²) in [6.07, 6.45) is 2.06. The number of nitrogens with zero attached hydrogens (tertiary/aromatic N) is 1. The maximum Gasteiger partial charge on any atom is 0.243 e. The van der Waals surface area contributed by atoms with Crippen LogP contribution in [0.15, 0.2) is 40.8 Å². The Morgan fingerprint density at radius 2 is 1.85 bits per heavy atom. The van der Waals surface area contributed by atoms with Crippen LogP contribution in [0.3, 0.4) is 0 Å². The van der Waals surface area contributed by atoms with Gasteiger partial charge in [-0.15, -0.1) is 0 Å². The van der Waals surface area contributed by atoms with Gasteiger partial charge in [-0.1, -0.05) is 17.7 Å². The molecule has 0 amide bonds. The zero-order chi connectivity index (χ0) is 14.5. The quantitative estimate of drug-likeness (QED) is 0.836. The topological polar surface area (TPSA) is 54.5 Å². The molecule has 4 nitrogen and oxygen atoms in total.